The molecule has 0 radical (unpaired) electrons. The summed E-state index contributed by atoms with van der Waals surface area (Å²) in [6.45, 7) is 10.0. The third kappa shape index (κ3) is 8.00. The van der Waals surface area contributed by atoms with E-state index < -0.39 is 0 Å². The molecule has 1 aliphatic rings. The maximum absolute atomic E-state index is 12.3. The fourth-order valence-electron chi connectivity index (χ4n) is 3.34. The zero-order valence-electron chi connectivity index (χ0n) is 14.4. The molecular weight excluding hydrogens is 321 g/mol. The largest absolute Gasteiger partial charge is 0.352 e. The van der Waals surface area contributed by atoms with E-state index in [-0.39, 0.29) is 42.2 Å². The summed E-state index contributed by atoms with van der Waals surface area (Å²) in [4.78, 5) is 14.6. The van der Waals surface area contributed by atoms with E-state index in [4.69, 9.17) is 5.73 Å². The Bertz CT molecular complexity index is 293. The highest BCUT2D eigenvalue weighted by Crippen LogP contribution is 2.38. The standard InChI is InChI=1S/C16H33N3O.2ClH/c1-4-19(5-2)12-14(3)18-15(20)11-16(13-17)9-7-6-8-10-16;;/h14H,4-13,17H2,1-3H3,(H,18,20);2*1H. The monoisotopic (exact) mass is 355 g/mol. The Balaban J connectivity index is 0. The van der Waals surface area contributed by atoms with E-state index in [9.17, 15) is 4.79 Å². The first-order valence-corrected chi connectivity index (χ1v) is 8.27. The van der Waals surface area contributed by atoms with Crippen molar-refractivity contribution in [3.05, 3.63) is 0 Å². The molecule has 0 bridgehead atoms. The Hall–Kier alpha value is -0.0300. The number of nitrogens with zero attached hydrogens (tertiary/aromatic N) is 1. The van der Waals surface area contributed by atoms with Gasteiger partial charge in [0.25, 0.3) is 0 Å². The van der Waals surface area contributed by atoms with Crippen LogP contribution >= 0.6 is 24.8 Å². The van der Waals surface area contributed by atoms with E-state index in [1.165, 1.54) is 19.3 Å². The van der Waals surface area contributed by atoms with Crippen molar-refractivity contribution in [3.8, 4) is 0 Å². The van der Waals surface area contributed by atoms with Crippen molar-refractivity contribution in [1.82, 2.24) is 10.2 Å². The Morgan fingerprint density at radius 3 is 2.18 bits per heavy atom. The third-order valence-electron chi connectivity index (χ3n) is 4.72. The molecule has 1 saturated carbocycles. The summed E-state index contributed by atoms with van der Waals surface area (Å²) in [5.74, 6) is 0.178. The van der Waals surface area contributed by atoms with Crippen LogP contribution in [-0.2, 0) is 4.79 Å². The van der Waals surface area contributed by atoms with Crippen LogP contribution in [0.15, 0.2) is 0 Å². The van der Waals surface area contributed by atoms with E-state index in [1.54, 1.807) is 0 Å². The van der Waals surface area contributed by atoms with Crippen LogP contribution in [0.1, 0.15) is 59.3 Å². The highest BCUT2D eigenvalue weighted by Gasteiger charge is 2.33. The summed E-state index contributed by atoms with van der Waals surface area (Å²) in [7, 11) is 0. The molecule has 0 aromatic carbocycles. The number of halogens is 2. The number of nitrogens with two attached hydrogens (primary N) is 1. The minimum atomic E-state index is 0. The molecule has 1 rings (SSSR count). The summed E-state index contributed by atoms with van der Waals surface area (Å²) >= 11 is 0. The number of hydrogen-bond acceptors (Lipinski definition) is 3. The number of carbonyl (C=O) groups excluding carboxylic acids is 1. The van der Waals surface area contributed by atoms with Crippen molar-refractivity contribution in [2.45, 2.75) is 65.3 Å². The fraction of sp³-hybridized carbons (Fsp3) is 0.938. The number of nitrogens with one attached hydrogen (secondary N) is 1. The van der Waals surface area contributed by atoms with Crippen molar-refractivity contribution in [2.24, 2.45) is 11.1 Å². The van der Waals surface area contributed by atoms with Gasteiger partial charge in [-0.3, -0.25) is 4.79 Å². The van der Waals surface area contributed by atoms with Gasteiger partial charge in [-0.05, 0) is 44.8 Å². The first kappa shape index (κ1) is 24.2. The Morgan fingerprint density at radius 1 is 1.18 bits per heavy atom. The summed E-state index contributed by atoms with van der Waals surface area (Å²) in [6, 6.07) is 0.209. The Labute approximate surface area is 148 Å². The molecule has 0 aliphatic heterocycles. The average molecular weight is 356 g/mol. The van der Waals surface area contributed by atoms with E-state index in [0.717, 1.165) is 32.5 Å². The number of amides is 1. The maximum Gasteiger partial charge on any atom is 0.220 e. The lowest BCUT2D eigenvalue weighted by atomic mass is 9.71. The quantitative estimate of drug-likeness (QED) is 0.703. The minimum Gasteiger partial charge on any atom is -0.352 e. The van der Waals surface area contributed by atoms with Crippen molar-refractivity contribution < 1.29 is 4.79 Å². The molecule has 6 heteroatoms. The predicted octanol–water partition coefficient (Wildman–Crippen LogP) is 2.98. The normalized spacial score (nSPS) is 18.0. The topological polar surface area (TPSA) is 58.4 Å². The highest BCUT2D eigenvalue weighted by atomic mass is 35.5. The number of likely N-dealkylation sites (N-methyl/N-ethyl adjacent to an activating group) is 1. The van der Waals surface area contributed by atoms with Crippen LogP contribution in [0.5, 0.6) is 0 Å². The van der Waals surface area contributed by atoms with Crippen LogP contribution in [0.25, 0.3) is 0 Å². The number of hydrogen-bond donors (Lipinski definition) is 2. The van der Waals surface area contributed by atoms with Gasteiger partial charge in [0.05, 0.1) is 0 Å². The number of rotatable bonds is 8. The van der Waals surface area contributed by atoms with Gasteiger partial charge in [0, 0.05) is 19.0 Å². The van der Waals surface area contributed by atoms with Gasteiger partial charge in [-0.25, -0.2) is 0 Å². The first-order valence-electron chi connectivity index (χ1n) is 8.27. The lowest BCUT2D eigenvalue weighted by Gasteiger charge is -2.36. The van der Waals surface area contributed by atoms with Crippen LogP contribution in [0.2, 0.25) is 0 Å². The highest BCUT2D eigenvalue weighted by molar-refractivity contribution is 5.85. The van der Waals surface area contributed by atoms with Gasteiger partial charge < -0.3 is 16.0 Å². The maximum atomic E-state index is 12.3. The van der Waals surface area contributed by atoms with E-state index in [0.29, 0.717) is 13.0 Å². The minimum absolute atomic E-state index is 0. The van der Waals surface area contributed by atoms with Gasteiger partial charge in [-0.1, -0.05) is 33.1 Å². The summed E-state index contributed by atoms with van der Waals surface area (Å²) in [5.41, 5.74) is 6.02. The SMILES string of the molecule is CCN(CC)CC(C)NC(=O)CC1(CN)CCCCC1.Cl.Cl. The predicted molar refractivity (Wildman–Crippen MR) is 99.1 cm³/mol. The van der Waals surface area contributed by atoms with Gasteiger partial charge in [0.15, 0.2) is 0 Å². The molecule has 4 nitrogen and oxygen atoms in total. The Kier molecular flexibility index (Phi) is 13.7. The molecule has 0 saturated heterocycles. The van der Waals surface area contributed by atoms with Crippen LogP contribution in [0.3, 0.4) is 0 Å². The Morgan fingerprint density at radius 2 is 1.73 bits per heavy atom. The van der Waals surface area contributed by atoms with Gasteiger partial charge in [0.2, 0.25) is 5.91 Å². The molecule has 0 aromatic rings. The second-order valence-corrected chi connectivity index (χ2v) is 6.40. The lowest BCUT2D eigenvalue weighted by Crippen LogP contribution is -2.45. The first-order chi connectivity index (χ1) is 9.55. The third-order valence-corrected chi connectivity index (χ3v) is 4.72. The molecule has 1 atom stereocenters. The van der Waals surface area contributed by atoms with Crippen LogP contribution < -0.4 is 11.1 Å². The molecule has 0 aromatic heterocycles. The van der Waals surface area contributed by atoms with Gasteiger partial charge in [-0.15, -0.1) is 24.8 Å². The van der Waals surface area contributed by atoms with Crippen molar-refractivity contribution in [3.63, 3.8) is 0 Å². The molecule has 1 amide bonds. The number of carbonyl (C=O) groups is 1. The molecule has 1 unspecified atom stereocenters. The summed E-state index contributed by atoms with van der Waals surface area (Å²) in [5, 5.41) is 3.15. The summed E-state index contributed by atoms with van der Waals surface area (Å²) in [6.07, 6.45) is 6.56. The zero-order chi connectivity index (χ0) is 15.0. The molecule has 1 fully saturated rings. The van der Waals surface area contributed by atoms with Crippen LogP contribution in [0, 0.1) is 5.41 Å². The van der Waals surface area contributed by atoms with Crippen molar-refractivity contribution in [1.29, 1.82) is 0 Å². The van der Waals surface area contributed by atoms with Gasteiger partial charge in [-0.2, -0.15) is 0 Å². The van der Waals surface area contributed by atoms with Crippen molar-refractivity contribution in [2.75, 3.05) is 26.2 Å². The van der Waals surface area contributed by atoms with Crippen LogP contribution in [-0.4, -0.2) is 43.0 Å². The molecule has 0 heterocycles. The van der Waals surface area contributed by atoms with Gasteiger partial charge in [0.1, 0.15) is 0 Å². The average Bonchev–Trinajstić information content (AvgIpc) is 2.45. The van der Waals surface area contributed by atoms with Crippen molar-refractivity contribution >= 4 is 30.7 Å². The second-order valence-electron chi connectivity index (χ2n) is 6.40. The molecule has 0 spiro atoms. The van der Waals surface area contributed by atoms with Crippen LogP contribution in [0.4, 0.5) is 0 Å². The molecule has 1 aliphatic carbocycles. The van der Waals surface area contributed by atoms with E-state index in [1.807, 2.05) is 0 Å². The molecule has 22 heavy (non-hydrogen) atoms. The molecule has 3 N–H and O–H groups in total. The zero-order valence-corrected chi connectivity index (χ0v) is 16.0. The lowest BCUT2D eigenvalue weighted by molar-refractivity contribution is -0.124. The van der Waals surface area contributed by atoms with E-state index >= 15 is 0 Å². The summed E-state index contributed by atoms with van der Waals surface area (Å²) < 4.78 is 0. The van der Waals surface area contributed by atoms with E-state index in [2.05, 4.69) is 31.0 Å². The smallest absolute Gasteiger partial charge is 0.220 e. The van der Waals surface area contributed by atoms with Gasteiger partial charge >= 0.3 is 0 Å². The molecule has 134 valence electrons. The second kappa shape index (κ2) is 12.4. The fourth-order valence-corrected chi connectivity index (χ4v) is 3.34. The molecular formula is C16H35Cl2N3O.